The molecule has 0 spiro atoms. The number of aliphatic hydroxyl groups excluding tert-OH is 4. The maximum atomic E-state index is 12.6. The highest BCUT2D eigenvalue weighted by Gasteiger charge is 2.28. The molecule has 6 heteroatoms. The van der Waals surface area contributed by atoms with Crippen molar-refractivity contribution in [3.05, 3.63) is 36.5 Å². The molecule has 5 N–H and O–H groups in total. The summed E-state index contributed by atoms with van der Waals surface area (Å²) < 4.78 is 0. The molecule has 0 heterocycles. The van der Waals surface area contributed by atoms with Crippen molar-refractivity contribution < 1.29 is 25.2 Å². The van der Waals surface area contributed by atoms with Gasteiger partial charge < -0.3 is 25.7 Å². The van der Waals surface area contributed by atoms with Crippen LogP contribution in [0.4, 0.5) is 0 Å². The fourth-order valence-electron chi connectivity index (χ4n) is 7.77. The van der Waals surface area contributed by atoms with E-state index in [0.717, 1.165) is 51.4 Å². The summed E-state index contributed by atoms with van der Waals surface area (Å²) in [5, 5.41) is 43.8. The second-order valence-electron chi connectivity index (χ2n) is 17.5. The highest BCUT2D eigenvalue weighted by atomic mass is 16.3. The van der Waals surface area contributed by atoms with Crippen molar-refractivity contribution >= 4 is 5.91 Å². The van der Waals surface area contributed by atoms with E-state index in [0.29, 0.717) is 19.3 Å². The van der Waals surface area contributed by atoms with E-state index in [4.69, 9.17) is 0 Å². The minimum Gasteiger partial charge on any atom is -0.394 e. The zero-order chi connectivity index (χ0) is 42.4. The van der Waals surface area contributed by atoms with Gasteiger partial charge in [-0.2, -0.15) is 0 Å². The van der Waals surface area contributed by atoms with E-state index < -0.39 is 36.9 Å². The lowest BCUT2D eigenvalue weighted by atomic mass is 10.00. The molecular weight excluding hydrogens is 719 g/mol. The average Bonchev–Trinajstić information content (AvgIpc) is 3.23. The lowest BCUT2D eigenvalue weighted by Crippen LogP contribution is -2.53. The predicted molar refractivity (Wildman–Crippen MR) is 251 cm³/mol. The lowest BCUT2D eigenvalue weighted by molar-refractivity contribution is -0.132. The van der Waals surface area contributed by atoms with Crippen LogP contribution in [0.3, 0.4) is 0 Å². The molecule has 0 rings (SSSR count). The van der Waals surface area contributed by atoms with Crippen LogP contribution in [0.2, 0.25) is 0 Å². The van der Waals surface area contributed by atoms with Crippen LogP contribution in [-0.4, -0.2) is 57.3 Å². The molecule has 58 heavy (non-hydrogen) atoms. The Hall–Kier alpha value is -1.47. The average molecular weight is 818 g/mol. The van der Waals surface area contributed by atoms with Gasteiger partial charge >= 0.3 is 0 Å². The number of hydrogen-bond acceptors (Lipinski definition) is 5. The first-order valence-corrected chi connectivity index (χ1v) is 25.4. The van der Waals surface area contributed by atoms with Crippen LogP contribution in [0.25, 0.3) is 0 Å². The van der Waals surface area contributed by atoms with Gasteiger partial charge in [-0.05, 0) is 77.0 Å². The largest absolute Gasteiger partial charge is 0.394 e. The van der Waals surface area contributed by atoms with E-state index in [1.165, 1.54) is 173 Å². The molecule has 4 unspecified atom stereocenters. The molecule has 1 amide bonds. The molecule has 342 valence electrons. The third kappa shape index (κ3) is 40.0. The van der Waals surface area contributed by atoms with Crippen LogP contribution in [0.15, 0.2) is 36.5 Å². The van der Waals surface area contributed by atoms with E-state index in [1.54, 1.807) is 0 Å². The number of unbranched alkanes of at least 4 members (excludes halogenated alkanes) is 31. The molecule has 0 aromatic carbocycles. The van der Waals surface area contributed by atoms with Crippen molar-refractivity contribution in [3.63, 3.8) is 0 Å². The molecule has 0 saturated heterocycles. The van der Waals surface area contributed by atoms with Gasteiger partial charge in [-0.25, -0.2) is 0 Å². The number of allylic oxidation sites excluding steroid dienone is 6. The number of amides is 1. The Labute approximate surface area is 360 Å². The van der Waals surface area contributed by atoms with Gasteiger partial charge in [-0.15, -0.1) is 0 Å². The molecule has 0 aliphatic rings. The predicted octanol–water partition coefficient (Wildman–Crippen LogP) is 14.1. The first-order valence-electron chi connectivity index (χ1n) is 25.4. The van der Waals surface area contributed by atoms with Gasteiger partial charge in [0.15, 0.2) is 0 Å². The Kier molecular flexibility index (Phi) is 45.4. The number of hydrogen-bond donors (Lipinski definition) is 5. The summed E-state index contributed by atoms with van der Waals surface area (Å²) in [7, 11) is 0. The van der Waals surface area contributed by atoms with Crippen molar-refractivity contribution in [2.45, 2.75) is 282 Å². The topological polar surface area (TPSA) is 110 Å². The summed E-state index contributed by atoms with van der Waals surface area (Å²) in [6.07, 6.45) is 56.2. The van der Waals surface area contributed by atoms with Crippen molar-refractivity contribution in [2.24, 2.45) is 0 Å². The number of rotatable bonds is 46. The van der Waals surface area contributed by atoms with Crippen LogP contribution >= 0.6 is 0 Å². The Balaban J connectivity index is 3.75. The van der Waals surface area contributed by atoms with Gasteiger partial charge in [-0.3, -0.25) is 4.79 Å². The van der Waals surface area contributed by atoms with E-state index in [2.05, 4.69) is 55.6 Å². The van der Waals surface area contributed by atoms with Crippen molar-refractivity contribution in [2.75, 3.05) is 6.61 Å². The van der Waals surface area contributed by atoms with Gasteiger partial charge in [0, 0.05) is 0 Å². The van der Waals surface area contributed by atoms with E-state index >= 15 is 0 Å². The molecule has 6 nitrogen and oxygen atoms in total. The van der Waals surface area contributed by atoms with Crippen LogP contribution in [0.5, 0.6) is 0 Å². The standard InChI is InChI=1S/C52H99NO5/c1-3-5-7-9-11-13-15-17-19-21-23-25-26-28-30-32-34-36-38-40-42-44-46-50(56)52(58)53-48(47-54)51(57)49(55)45-43-41-39-37-35-33-31-29-27-24-22-20-18-16-14-12-10-8-6-4-2/h28-31,37,39,48-51,54-57H,3-27,32-36,38,40-47H2,1-2H3,(H,53,58)/b30-28-,31-29+,39-37+. The summed E-state index contributed by atoms with van der Waals surface area (Å²) in [4.78, 5) is 12.6. The van der Waals surface area contributed by atoms with Gasteiger partial charge in [0.1, 0.15) is 12.2 Å². The highest BCUT2D eigenvalue weighted by Crippen LogP contribution is 2.16. The minimum atomic E-state index is -1.29. The van der Waals surface area contributed by atoms with Crippen molar-refractivity contribution in [1.29, 1.82) is 0 Å². The minimum absolute atomic E-state index is 0.353. The molecule has 0 aromatic rings. The van der Waals surface area contributed by atoms with Crippen LogP contribution in [0, 0.1) is 0 Å². The number of carbonyl (C=O) groups is 1. The number of carbonyl (C=O) groups excluding carboxylic acids is 1. The fraction of sp³-hybridized carbons (Fsp3) is 0.865. The van der Waals surface area contributed by atoms with Gasteiger partial charge in [0.2, 0.25) is 5.91 Å². The zero-order valence-corrected chi connectivity index (χ0v) is 38.5. The monoisotopic (exact) mass is 818 g/mol. The first kappa shape index (κ1) is 56.5. The molecular formula is C52H99NO5. The Morgan fingerprint density at radius 1 is 0.414 bits per heavy atom. The molecule has 0 radical (unpaired) electrons. The van der Waals surface area contributed by atoms with Crippen molar-refractivity contribution in [3.8, 4) is 0 Å². The molecule has 0 aliphatic heterocycles. The van der Waals surface area contributed by atoms with Crippen LogP contribution in [-0.2, 0) is 4.79 Å². The quantitative estimate of drug-likeness (QED) is 0.0310. The molecule has 4 atom stereocenters. The van der Waals surface area contributed by atoms with E-state index in [-0.39, 0.29) is 0 Å². The molecule has 0 fully saturated rings. The molecule has 0 saturated carbocycles. The van der Waals surface area contributed by atoms with Crippen molar-refractivity contribution in [1.82, 2.24) is 5.32 Å². The molecule has 0 bridgehead atoms. The Morgan fingerprint density at radius 2 is 0.724 bits per heavy atom. The molecule has 0 aromatic heterocycles. The van der Waals surface area contributed by atoms with Gasteiger partial charge in [0.05, 0.1) is 18.8 Å². The first-order chi connectivity index (χ1) is 28.5. The SMILES string of the molecule is CCCCCCCCCCCCC/C=C/CC/C=C/CCCC(O)C(O)C(CO)NC(=O)C(O)CCCCCCCC/C=C\CCCCCCCCCCCCCC. The maximum absolute atomic E-state index is 12.6. The Morgan fingerprint density at radius 3 is 1.09 bits per heavy atom. The summed E-state index contributed by atoms with van der Waals surface area (Å²) in [6.45, 7) is 4.05. The normalized spacial score (nSPS) is 14.2. The molecule has 0 aliphatic carbocycles. The maximum Gasteiger partial charge on any atom is 0.249 e. The third-order valence-electron chi connectivity index (χ3n) is 11.8. The second kappa shape index (κ2) is 46.6. The highest BCUT2D eigenvalue weighted by molar-refractivity contribution is 5.80. The van der Waals surface area contributed by atoms with E-state index in [1.807, 2.05) is 0 Å². The Bertz CT molecular complexity index is 919. The van der Waals surface area contributed by atoms with E-state index in [9.17, 15) is 25.2 Å². The summed E-state index contributed by atoms with van der Waals surface area (Å²) in [5.41, 5.74) is 0. The van der Waals surface area contributed by atoms with Gasteiger partial charge in [-0.1, -0.05) is 217 Å². The fourth-order valence-corrected chi connectivity index (χ4v) is 7.77. The number of nitrogens with one attached hydrogen (secondary N) is 1. The number of aliphatic hydroxyl groups is 4. The lowest BCUT2D eigenvalue weighted by Gasteiger charge is -2.27. The van der Waals surface area contributed by atoms with Gasteiger partial charge in [0.25, 0.3) is 0 Å². The summed E-state index contributed by atoms with van der Waals surface area (Å²) in [6, 6.07) is -1.01. The third-order valence-corrected chi connectivity index (χ3v) is 11.8. The summed E-state index contributed by atoms with van der Waals surface area (Å²) in [5.74, 6) is -0.601. The smallest absolute Gasteiger partial charge is 0.249 e. The summed E-state index contributed by atoms with van der Waals surface area (Å²) >= 11 is 0. The van der Waals surface area contributed by atoms with Crippen LogP contribution < -0.4 is 5.32 Å². The van der Waals surface area contributed by atoms with Crippen LogP contribution in [0.1, 0.15) is 258 Å². The second-order valence-corrected chi connectivity index (χ2v) is 17.5. The zero-order valence-electron chi connectivity index (χ0n) is 38.5.